The molecule has 2 aromatic rings. The molecule has 3 rings (SSSR count). The predicted molar refractivity (Wildman–Crippen MR) is 78.5 cm³/mol. The minimum Gasteiger partial charge on any atom is -0.481 e. The Kier molecular flexibility index (Phi) is 4.08. The summed E-state index contributed by atoms with van der Waals surface area (Å²) >= 11 is 1.40. The summed E-state index contributed by atoms with van der Waals surface area (Å²) in [6.45, 7) is -1.15. The van der Waals surface area contributed by atoms with E-state index in [4.69, 9.17) is 5.11 Å². The van der Waals surface area contributed by atoms with Crippen LogP contribution in [-0.2, 0) is 4.79 Å². The third kappa shape index (κ3) is 2.88. The molecule has 0 spiro atoms. The molecule has 3 heterocycles. The summed E-state index contributed by atoms with van der Waals surface area (Å²) in [4.78, 5) is 24.6. The minimum atomic E-state index is -4.68. The molecule has 10 heteroatoms. The molecule has 0 radical (unpaired) electrons. The molecule has 128 valence electrons. The van der Waals surface area contributed by atoms with E-state index in [1.165, 1.54) is 17.5 Å². The van der Waals surface area contributed by atoms with Crippen LogP contribution in [0.1, 0.15) is 10.4 Å². The predicted octanol–water partition coefficient (Wildman–Crippen LogP) is 2.47. The number of likely N-dealkylation sites (tertiary alicyclic amines) is 1. The molecule has 2 atom stereocenters. The molecule has 1 fully saturated rings. The van der Waals surface area contributed by atoms with Crippen molar-refractivity contribution in [1.82, 2.24) is 15.1 Å². The number of thiophene rings is 1. The first-order chi connectivity index (χ1) is 11.3. The molecule has 2 N–H and O–H groups in total. The van der Waals surface area contributed by atoms with Gasteiger partial charge in [0.25, 0.3) is 5.91 Å². The number of aliphatic carboxylic acids is 1. The van der Waals surface area contributed by atoms with E-state index in [2.05, 4.69) is 10.2 Å². The van der Waals surface area contributed by atoms with Crippen molar-refractivity contribution in [2.45, 2.75) is 6.18 Å². The molecule has 0 saturated carbocycles. The zero-order valence-electron chi connectivity index (χ0n) is 12.1. The third-order valence-electron chi connectivity index (χ3n) is 4.02. The number of carbonyl (C=O) groups excluding carboxylic acids is 1. The normalized spacial score (nSPS) is 21.2. The van der Waals surface area contributed by atoms with Crippen LogP contribution in [0, 0.1) is 11.8 Å². The van der Waals surface area contributed by atoms with E-state index in [1.54, 1.807) is 16.8 Å². The lowest BCUT2D eigenvalue weighted by Gasteiger charge is -2.18. The molecule has 6 nitrogen and oxygen atoms in total. The van der Waals surface area contributed by atoms with E-state index in [9.17, 15) is 22.8 Å². The molecular formula is C14H12F3N3O3S. The number of carbonyl (C=O) groups is 2. The van der Waals surface area contributed by atoms with Gasteiger partial charge in [0.2, 0.25) is 0 Å². The van der Waals surface area contributed by atoms with Crippen LogP contribution in [0.25, 0.3) is 11.3 Å². The smallest absolute Gasteiger partial charge is 0.394 e. The molecule has 1 aliphatic heterocycles. The average Bonchev–Trinajstić information content (AvgIpc) is 3.23. The largest absolute Gasteiger partial charge is 0.481 e. The van der Waals surface area contributed by atoms with Crippen LogP contribution in [0.5, 0.6) is 0 Å². The van der Waals surface area contributed by atoms with Gasteiger partial charge in [-0.2, -0.15) is 29.6 Å². The number of alkyl halides is 3. The van der Waals surface area contributed by atoms with Gasteiger partial charge < -0.3 is 10.0 Å². The Morgan fingerprint density at radius 2 is 2.12 bits per heavy atom. The summed E-state index contributed by atoms with van der Waals surface area (Å²) < 4.78 is 39.1. The van der Waals surface area contributed by atoms with Crippen LogP contribution in [0.3, 0.4) is 0 Å². The van der Waals surface area contributed by atoms with Crippen molar-refractivity contribution in [3.8, 4) is 11.3 Å². The molecule has 24 heavy (non-hydrogen) atoms. The first-order valence-electron chi connectivity index (χ1n) is 6.93. The maximum atomic E-state index is 13.0. The summed E-state index contributed by atoms with van der Waals surface area (Å²) in [5, 5.41) is 19.0. The Bertz CT molecular complexity index is 757. The number of nitrogens with zero attached hydrogens (tertiary/aromatic N) is 2. The second-order valence-corrected chi connectivity index (χ2v) is 6.25. The Morgan fingerprint density at radius 1 is 1.38 bits per heavy atom. The summed E-state index contributed by atoms with van der Waals surface area (Å²) in [6, 6.07) is 1.75. The standard InChI is InChI=1S/C14H12F3N3O3S/c15-14(16,17)10-5-20(4-9(10)13(22)23)12(21)8-3-18-19-11(8)7-1-2-24-6-7/h1-3,6,9-10H,4-5H2,(H,18,19)(H,22,23)/t9-,10-/m1/s1. The van der Waals surface area contributed by atoms with Gasteiger partial charge in [-0.15, -0.1) is 0 Å². The Balaban J connectivity index is 1.87. The first kappa shape index (κ1) is 16.5. The number of carboxylic acids is 1. The maximum Gasteiger partial charge on any atom is 0.394 e. The second kappa shape index (κ2) is 5.93. The van der Waals surface area contributed by atoms with Crippen LogP contribution in [0.2, 0.25) is 0 Å². The number of halogens is 3. The number of hydrogen-bond acceptors (Lipinski definition) is 4. The molecule has 2 aromatic heterocycles. The lowest BCUT2D eigenvalue weighted by Crippen LogP contribution is -2.34. The highest BCUT2D eigenvalue weighted by molar-refractivity contribution is 7.08. The number of nitrogens with one attached hydrogen (secondary N) is 1. The molecule has 0 aromatic carbocycles. The summed E-state index contributed by atoms with van der Waals surface area (Å²) in [7, 11) is 0. The lowest BCUT2D eigenvalue weighted by molar-refractivity contribution is -0.187. The topological polar surface area (TPSA) is 86.3 Å². The van der Waals surface area contributed by atoms with Crippen molar-refractivity contribution in [2.24, 2.45) is 11.8 Å². The van der Waals surface area contributed by atoms with Gasteiger partial charge in [-0.1, -0.05) is 0 Å². The van der Waals surface area contributed by atoms with Gasteiger partial charge >= 0.3 is 12.1 Å². The fraction of sp³-hybridized carbons (Fsp3) is 0.357. The van der Waals surface area contributed by atoms with Crippen molar-refractivity contribution in [3.05, 3.63) is 28.6 Å². The highest BCUT2D eigenvalue weighted by Gasteiger charge is 2.53. The lowest BCUT2D eigenvalue weighted by atomic mass is 9.96. The molecule has 1 amide bonds. The molecule has 0 unspecified atom stereocenters. The second-order valence-electron chi connectivity index (χ2n) is 5.47. The van der Waals surface area contributed by atoms with E-state index >= 15 is 0 Å². The van der Waals surface area contributed by atoms with Gasteiger partial charge in [0, 0.05) is 24.0 Å². The van der Waals surface area contributed by atoms with Gasteiger partial charge in [0.15, 0.2) is 0 Å². The Labute approximate surface area is 137 Å². The van der Waals surface area contributed by atoms with Gasteiger partial charge in [0.1, 0.15) is 0 Å². The van der Waals surface area contributed by atoms with E-state index < -0.39 is 43.0 Å². The molecule has 1 saturated heterocycles. The van der Waals surface area contributed by atoms with Gasteiger partial charge in [0.05, 0.1) is 29.3 Å². The molecule has 1 aliphatic rings. The minimum absolute atomic E-state index is 0.125. The van der Waals surface area contributed by atoms with Crippen molar-refractivity contribution in [2.75, 3.05) is 13.1 Å². The van der Waals surface area contributed by atoms with Crippen LogP contribution in [0.15, 0.2) is 23.0 Å². The maximum absolute atomic E-state index is 13.0. The average molecular weight is 359 g/mol. The monoisotopic (exact) mass is 359 g/mol. The summed E-state index contributed by atoms with van der Waals surface area (Å²) in [5.74, 6) is -5.96. The van der Waals surface area contributed by atoms with Crippen molar-refractivity contribution in [1.29, 1.82) is 0 Å². The highest BCUT2D eigenvalue weighted by Crippen LogP contribution is 2.38. The van der Waals surface area contributed by atoms with E-state index in [1.807, 2.05) is 0 Å². The highest BCUT2D eigenvalue weighted by atomic mass is 32.1. The van der Waals surface area contributed by atoms with Gasteiger partial charge in [-0.3, -0.25) is 14.7 Å². The first-order valence-corrected chi connectivity index (χ1v) is 7.88. The van der Waals surface area contributed by atoms with E-state index in [0.29, 0.717) is 11.3 Å². The van der Waals surface area contributed by atoms with E-state index in [0.717, 1.165) is 4.90 Å². The number of rotatable bonds is 3. The SMILES string of the molecule is O=C(O)[C@@H]1CN(C(=O)c2cn[nH]c2-c2ccsc2)C[C@H]1C(F)(F)F. The number of carboxylic acid groups (broad SMARTS) is 1. The van der Waals surface area contributed by atoms with Crippen LogP contribution < -0.4 is 0 Å². The Hall–Kier alpha value is -2.36. The van der Waals surface area contributed by atoms with Gasteiger partial charge in [-0.05, 0) is 11.4 Å². The third-order valence-corrected chi connectivity index (χ3v) is 4.71. The molecular weight excluding hydrogens is 347 g/mol. The van der Waals surface area contributed by atoms with Crippen LogP contribution in [0.4, 0.5) is 13.2 Å². The fourth-order valence-electron chi connectivity index (χ4n) is 2.80. The van der Waals surface area contributed by atoms with Crippen molar-refractivity contribution < 1.29 is 27.9 Å². The van der Waals surface area contributed by atoms with Crippen LogP contribution in [-0.4, -0.2) is 51.3 Å². The number of hydrogen-bond donors (Lipinski definition) is 2. The van der Waals surface area contributed by atoms with Crippen molar-refractivity contribution >= 4 is 23.2 Å². The fourth-order valence-corrected chi connectivity index (χ4v) is 3.44. The summed E-state index contributed by atoms with van der Waals surface area (Å²) in [6.07, 6.45) is -3.43. The summed E-state index contributed by atoms with van der Waals surface area (Å²) in [5.41, 5.74) is 1.23. The van der Waals surface area contributed by atoms with Gasteiger partial charge in [-0.25, -0.2) is 0 Å². The molecule has 0 bridgehead atoms. The van der Waals surface area contributed by atoms with Crippen LogP contribution >= 0.6 is 11.3 Å². The molecule has 0 aliphatic carbocycles. The van der Waals surface area contributed by atoms with Crippen molar-refractivity contribution in [3.63, 3.8) is 0 Å². The quantitative estimate of drug-likeness (QED) is 0.882. The number of aromatic nitrogens is 2. The number of H-pyrrole nitrogens is 1. The zero-order chi connectivity index (χ0) is 17.5. The Morgan fingerprint density at radius 3 is 2.67 bits per heavy atom. The number of aromatic amines is 1. The zero-order valence-corrected chi connectivity index (χ0v) is 12.9. The number of amides is 1. The van der Waals surface area contributed by atoms with E-state index in [-0.39, 0.29) is 5.56 Å².